The summed E-state index contributed by atoms with van der Waals surface area (Å²) in [6.07, 6.45) is 3.88. The maximum absolute atomic E-state index is 4.41. The van der Waals surface area contributed by atoms with Gasteiger partial charge in [-0.25, -0.2) is 9.97 Å². The van der Waals surface area contributed by atoms with Crippen LogP contribution < -0.4 is 10.2 Å². The Kier molecular flexibility index (Phi) is 6.00. The van der Waals surface area contributed by atoms with Gasteiger partial charge in [-0.1, -0.05) is 44.2 Å². The van der Waals surface area contributed by atoms with Crippen LogP contribution in [0.25, 0.3) is 0 Å². The summed E-state index contributed by atoms with van der Waals surface area (Å²) in [4.78, 5) is 11.0. The highest BCUT2D eigenvalue weighted by molar-refractivity contribution is 5.48. The predicted octanol–water partition coefficient (Wildman–Crippen LogP) is 3.72. The molecule has 0 fully saturated rings. The number of rotatable bonds is 8. The summed E-state index contributed by atoms with van der Waals surface area (Å²) < 4.78 is 0. The summed E-state index contributed by atoms with van der Waals surface area (Å²) in [5.74, 6) is 1.88. The standard InChI is InChI=1S/C17H24N4/c1-3-10-21(11-4-2)17-12-16(19-14-20-17)18-13-15-8-6-5-7-9-15/h5-9,12,14H,3-4,10-11,13H2,1-2H3,(H,18,19,20). The summed E-state index contributed by atoms with van der Waals surface area (Å²) in [7, 11) is 0. The van der Waals surface area contributed by atoms with Crippen molar-refractivity contribution >= 4 is 11.6 Å². The molecule has 0 bridgehead atoms. The first-order valence-electron chi connectivity index (χ1n) is 7.68. The van der Waals surface area contributed by atoms with Crippen molar-refractivity contribution < 1.29 is 0 Å². The van der Waals surface area contributed by atoms with Gasteiger partial charge < -0.3 is 10.2 Å². The van der Waals surface area contributed by atoms with E-state index in [1.807, 2.05) is 24.3 Å². The van der Waals surface area contributed by atoms with Gasteiger partial charge in [-0.05, 0) is 18.4 Å². The van der Waals surface area contributed by atoms with Crippen molar-refractivity contribution in [1.29, 1.82) is 0 Å². The van der Waals surface area contributed by atoms with Crippen molar-refractivity contribution in [2.45, 2.75) is 33.2 Å². The van der Waals surface area contributed by atoms with Gasteiger partial charge in [0.05, 0.1) is 0 Å². The normalized spacial score (nSPS) is 10.4. The van der Waals surface area contributed by atoms with E-state index in [4.69, 9.17) is 0 Å². The molecule has 0 saturated heterocycles. The van der Waals surface area contributed by atoms with Gasteiger partial charge in [-0.3, -0.25) is 0 Å². The number of aromatic nitrogens is 2. The highest BCUT2D eigenvalue weighted by Gasteiger charge is 2.07. The van der Waals surface area contributed by atoms with Crippen LogP contribution in [-0.4, -0.2) is 23.1 Å². The molecule has 1 heterocycles. The molecular formula is C17H24N4. The molecule has 0 aliphatic rings. The molecule has 0 atom stereocenters. The highest BCUT2D eigenvalue weighted by atomic mass is 15.2. The lowest BCUT2D eigenvalue weighted by molar-refractivity contribution is 0.732. The average Bonchev–Trinajstić information content (AvgIpc) is 2.54. The molecule has 1 N–H and O–H groups in total. The molecule has 0 unspecified atom stereocenters. The quantitative estimate of drug-likeness (QED) is 0.802. The lowest BCUT2D eigenvalue weighted by atomic mass is 10.2. The maximum atomic E-state index is 4.41. The van der Waals surface area contributed by atoms with E-state index in [-0.39, 0.29) is 0 Å². The molecular weight excluding hydrogens is 260 g/mol. The van der Waals surface area contributed by atoms with Crippen LogP contribution in [0.4, 0.5) is 11.6 Å². The van der Waals surface area contributed by atoms with Crippen molar-refractivity contribution in [3.05, 3.63) is 48.3 Å². The Morgan fingerprint density at radius 1 is 1.00 bits per heavy atom. The van der Waals surface area contributed by atoms with Crippen molar-refractivity contribution in [2.24, 2.45) is 0 Å². The van der Waals surface area contributed by atoms with Gasteiger partial charge in [-0.2, -0.15) is 0 Å². The molecule has 2 aromatic rings. The molecule has 1 aromatic carbocycles. The molecule has 1 aromatic heterocycles. The largest absolute Gasteiger partial charge is 0.366 e. The number of anilines is 2. The second-order valence-corrected chi connectivity index (χ2v) is 5.09. The third-order valence-corrected chi connectivity index (χ3v) is 3.28. The summed E-state index contributed by atoms with van der Waals surface area (Å²) in [5.41, 5.74) is 1.25. The minimum atomic E-state index is 0.777. The van der Waals surface area contributed by atoms with E-state index in [9.17, 15) is 0 Å². The Hall–Kier alpha value is -2.10. The summed E-state index contributed by atoms with van der Waals surface area (Å²) in [6.45, 7) is 7.22. The van der Waals surface area contributed by atoms with E-state index in [0.717, 1.165) is 44.1 Å². The van der Waals surface area contributed by atoms with Crippen LogP contribution in [-0.2, 0) is 6.54 Å². The van der Waals surface area contributed by atoms with E-state index < -0.39 is 0 Å². The van der Waals surface area contributed by atoms with Gasteiger partial charge in [0.1, 0.15) is 18.0 Å². The van der Waals surface area contributed by atoms with E-state index in [0.29, 0.717) is 0 Å². The van der Waals surface area contributed by atoms with E-state index in [2.05, 4.69) is 46.2 Å². The van der Waals surface area contributed by atoms with Gasteiger partial charge in [-0.15, -0.1) is 0 Å². The van der Waals surface area contributed by atoms with Crippen LogP contribution in [0.1, 0.15) is 32.3 Å². The second-order valence-electron chi connectivity index (χ2n) is 5.09. The first kappa shape index (κ1) is 15.3. The first-order chi connectivity index (χ1) is 10.3. The van der Waals surface area contributed by atoms with E-state index >= 15 is 0 Å². The number of nitrogens with one attached hydrogen (secondary N) is 1. The first-order valence-corrected chi connectivity index (χ1v) is 7.68. The molecule has 4 heteroatoms. The van der Waals surface area contributed by atoms with Crippen LogP contribution in [0.2, 0.25) is 0 Å². The minimum Gasteiger partial charge on any atom is -0.366 e. The number of benzene rings is 1. The van der Waals surface area contributed by atoms with Gasteiger partial charge >= 0.3 is 0 Å². The molecule has 0 aliphatic carbocycles. The molecule has 21 heavy (non-hydrogen) atoms. The van der Waals surface area contributed by atoms with Crippen molar-refractivity contribution in [1.82, 2.24) is 9.97 Å². The molecule has 4 nitrogen and oxygen atoms in total. The lowest BCUT2D eigenvalue weighted by Gasteiger charge is -2.22. The molecule has 2 rings (SSSR count). The molecule has 0 aliphatic heterocycles. The van der Waals surface area contributed by atoms with Crippen molar-refractivity contribution in [2.75, 3.05) is 23.3 Å². The number of nitrogens with zero attached hydrogens (tertiary/aromatic N) is 3. The third kappa shape index (κ3) is 4.74. The lowest BCUT2D eigenvalue weighted by Crippen LogP contribution is -2.26. The van der Waals surface area contributed by atoms with Gasteiger partial charge in [0, 0.05) is 25.7 Å². The van der Waals surface area contributed by atoms with Crippen LogP contribution >= 0.6 is 0 Å². The van der Waals surface area contributed by atoms with E-state index in [1.165, 1.54) is 5.56 Å². The molecule has 0 radical (unpaired) electrons. The molecule has 0 spiro atoms. The Morgan fingerprint density at radius 2 is 1.71 bits per heavy atom. The Morgan fingerprint density at radius 3 is 2.38 bits per heavy atom. The van der Waals surface area contributed by atoms with Crippen molar-refractivity contribution in [3.8, 4) is 0 Å². The van der Waals surface area contributed by atoms with Crippen LogP contribution in [0.5, 0.6) is 0 Å². The molecule has 0 amide bonds. The summed E-state index contributed by atoms with van der Waals surface area (Å²) >= 11 is 0. The Balaban J connectivity index is 2.02. The fourth-order valence-corrected chi connectivity index (χ4v) is 2.29. The third-order valence-electron chi connectivity index (χ3n) is 3.28. The topological polar surface area (TPSA) is 41.0 Å². The van der Waals surface area contributed by atoms with Crippen LogP contribution in [0, 0.1) is 0 Å². The average molecular weight is 284 g/mol. The zero-order valence-corrected chi connectivity index (χ0v) is 12.9. The fourth-order valence-electron chi connectivity index (χ4n) is 2.29. The van der Waals surface area contributed by atoms with Gasteiger partial charge in [0.15, 0.2) is 0 Å². The SMILES string of the molecule is CCCN(CCC)c1cc(NCc2ccccc2)ncn1. The molecule has 112 valence electrons. The van der Waals surface area contributed by atoms with Gasteiger partial charge in [0.25, 0.3) is 0 Å². The highest BCUT2D eigenvalue weighted by Crippen LogP contribution is 2.15. The monoisotopic (exact) mass is 284 g/mol. The smallest absolute Gasteiger partial charge is 0.134 e. The predicted molar refractivity (Wildman–Crippen MR) is 88.6 cm³/mol. The number of hydrogen-bond donors (Lipinski definition) is 1. The second kappa shape index (κ2) is 8.25. The summed E-state index contributed by atoms with van der Waals surface area (Å²) in [6, 6.07) is 12.4. The fraction of sp³-hybridized carbons (Fsp3) is 0.412. The van der Waals surface area contributed by atoms with Crippen LogP contribution in [0.3, 0.4) is 0 Å². The number of hydrogen-bond acceptors (Lipinski definition) is 4. The van der Waals surface area contributed by atoms with Crippen molar-refractivity contribution in [3.63, 3.8) is 0 Å². The summed E-state index contributed by atoms with van der Waals surface area (Å²) in [5, 5.41) is 3.36. The Labute approximate surface area is 127 Å². The van der Waals surface area contributed by atoms with E-state index in [1.54, 1.807) is 6.33 Å². The zero-order valence-electron chi connectivity index (χ0n) is 12.9. The minimum absolute atomic E-state index is 0.777. The maximum Gasteiger partial charge on any atom is 0.134 e. The zero-order chi connectivity index (χ0) is 14.9. The van der Waals surface area contributed by atoms with Crippen LogP contribution in [0.15, 0.2) is 42.7 Å². The molecule has 0 saturated carbocycles. The van der Waals surface area contributed by atoms with Gasteiger partial charge in [0.2, 0.25) is 0 Å². The Bertz CT molecular complexity index is 521.